The second-order valence-corrected chi connectivity index (χ2v) is 5.19. The van der Waals surface area contributed by atoms with Crippen LogP contribution in [-0.2, 0) is 19.7 Å². The van der Waals surface area contributed by atoms with E-state index in [4.69, 9.17) is 10.00 Å². The van der Waals surface area contributed by atoms with Crippen LogP contribution in [-0.4, -0.2) is 36.5 Å². The predicted octanol–water partition coefficient (Wildman–Crippen LogP) is 1.63. The van der Waals surface area contributed by atoms with Crippen molar-refractivity contribution in [3.05, 3.63) is 35.9 Å². The number of amides is 1. The molecule has 5 heteroatoms. The molecule has 21 heavy (non-hydrogen) atoms. The van der Waals surface area contributed by atoms with Crippen molar-refractivity contribution in [2.75, 3.05) is 19.7 Å². The van der Waals surface area contributed by atoms with E-state index in [1.54, 1.807) is 4.90 Å². The van der Waals surface area contributed by atoms with Crippen LogP contribution in [0.25, 0.3) is 0 Å². The maximum Gasteiger partial charge on any atom is 0.317 e. The summed E-state index contributed by atoms with van der Waals surface area (Å²) in [5, 5.41) is 8.60. The van der Waals surface area contributed by atoms with Crippen LogP contribution in [0.3, 0.4) is 0 Å². The summed E-state index contributed by atoms with van der Waals surface area (Å²) in [5.74, 6) is -0.361. The minimum Gasteiger partial charge on any atom is -0.450 e. The minimum absolute atomic E-state index is 0.0158. The summed E-state index contributed by atoms with van der Waals surface area (Å²) >= 11 is 0. The smallest absolute Gasteiger partial charge is 0.317 e. The summed E-state index contributed by atoms with van der Waals surface area (Å²) in [6, 6.07) is 11.3. The molecule has 0 N–H and O–H groups in total. The van der Waals surface area contributed by atoms with Gasteiger partial charge in [-0.05, 0) is 18.4 Å². The zero-order valence-electron chi connectivity index (χ0n) is 12.0. The lowest BCUT2D eigenvalue weighted by Gasteiger charge is -2.39. The first-order valence-electron chi connectivity index (χ1n) is 6.95. The van der Waals surface area contributed by atoms with Crippen molar-refractivity contribution in [1.82, 2.24) is 4.90 Å². The van der Waals surface area contributed by atoms with Crippen LogP contribution >= 0.6 is 0 Å². The van der Waals surface area contributed by atoms with E-state index in [9.17, 15) is 9.59 Å². The fourth-order valence-electron chi connectivity index (χ4n) is 2.81. The molecule has 0 atom stereocenters. The van der Waals surface area contributed by atoms with E-state index < -0.39 is 5.41 Å². The molecule has 0 unspecified atom stereocenters. The Bertz CT molecular complexity index is 555. The van der Waals surface area contributed by atoms with Crippen LogP contribution in [0.15, 0.2) is 30.3 Å². The van der Waals surface area contributed by atoms with E-state index >= 15 is 0 Å². The van der Waals surface area contributed by atoms with Crippen molar-refractivity contribution in [2.45, 2.75) is 25.2 Å². The van der Waals surface area contributed by atoms with Gasteiger partial charge in [-0.1, -0.05) is 30.3 Å². The third kappa shape index (κ3) is 3.05. The van der Waals surface area contributed by atoms with Crippen LogP contribution in [0.2, 0.25) is 0 Å². The number of hydrogen-bond donors (Lipinski definition) is 0. The average Bonchev–Trinajstić information content (AvgIpc) is 2.53. The molecule has 1 amide bonds. The number of hydrogen-bond acceptors (Lipinski definition) is 4. The van der Waals surface area contributed by atoms with Crippen molar-refractivity contribution < 1.29 is 14.3 Å². The quantitative estimate of drug-likeness (QED) is 0.792. The zero-order valence-corrected chi connectivity index (χ0v) is 12.0. The number of nitrogens with zero attached hydrogens (tertiary/aromatic N) is 2. The molecule has 0 spiro atoms. The molecular weight excluding hydrogens is 268 g/mol. The van der Waals surface area contributed by atoms with Crippen molar-refractivity contribution in [3.8, 4) is 6.07 Å². The highest BCUT2D eigenvalue weighted by Crippen LogP contribution is 2.36. The summed E-state index contributed by atoms with van der Waals surface area (Å²) in [4.78, 5) is 25.7. The van der Waals surface area contributed by atoms with Crippen molar-refractivity contribution in [1.29, 1.82) is 5.26 Å². The van der Waals surface area contributed by atoms with E-state index in [0.29, 0.717) is 25.9 Å². The largest absolute Gasteiger partial charge is 0.450 e. The molecule has 1 fully saturated rings. The van der Waals surface area contributed by atoms with Gasteiger partial charge in [0.05, 0.1) is 5.41 Å². The molecule has 1 saturated heterocycles. The molecule has 0 aliphatic carbocycles. The number of carbonyl (C=O) groups is 2. The fraction of sp³-hybridized carbons (Fsp3) is 0.438. The lowest BCUT2D eigenvalue weighted by Crippen LogP contribution is -2.49. The maximum atomic E-state index is 12.5. The SMILES string of the molecule is CC(=O)N1CCC(C(=O)OCC#N)(c2ccccc2)CC1. The first kappa shape index (κ1) is 15.0. The van der Waals surface area contributed by atoms with E-state index in [-0.39, 0.29) is 18.5 Å². The van der Waals surface area contributed by atoms with Gasteiger partial charge < -0.3 is 9.64 Å². The second-order valence-electron chi connectivity index (χ2n) is 5.19. The summed E-state index contributed by atoms with van der Waals surface area (Å²) in [6.45, 7) is 2.32. The maximum absolute atomic E-state index is 12.5. The van der Waals surface area contributed by atoms with Gasteiger partial charge in [-0.15, -0.1) is 0 Å². The van der Waals surface area contributed by atoms with Crippen LogP contribution in [0.4, 0.5) is 0 Å². The van der Waals surface area contributed by atoms with Gasteiger partial charge in [0.2, 0.25) is 5.91 Å². The Balaban J connectivity index is 2.27. The average molecular weight is 286 g/mol. The third-order valence-corrected chi connectivity index (χ3v) is 4.05. The van der Waals surface area contributed by atoms with E-state index in [1.807, 2.05) is 36.4 Å². The van der Waals surface area contributed by atoms with Crippen LogP contribution in [0.1, 0.15) is 25.3 Å². The van der Waals surface area contributed by atoms with Gasteiger partial charge in [-0.25, -0.2) is 0 Å². The molecule has 1 aliphatic rings. The summed E-state index contributed by atoms with van der Waals surface area (Å²) < 4.78 is 5.08. The fourth-order valence-corrected chi connectivity index (χ4v) is 2.81. The van der Waals surface area contributed by atoms with Crippen LogP contribution in [0, 0.1) is 11.3 Å². The Hall–Kier alpha value is -2.35. The predicted molar refractivity (Wildman–Crippen MR) is 76.2 cm³/mol. The van der Waals surface area contributed by atoms with Crippen molar-refractivity contribution in [3.63, 3.8) is 0 Å². The lowest BCUT2D eigenvalue weighted by molar-refractivity contribution is -0.153. The summed E-state index contributed by atoms with van der Waals surface area (Å²) in [7, 11) is 0. The van der Waals surface area contributed by atoms with E-state index in [1.165, 1.54) is 6.92 Å². The molecular formula is C16H18N2O3. The van der Waals surface area contributed by atoms with Gasteiger partial charge >= 0.3 is 5.97 Å². The molecule has 0 bridgehead atoms. The normalized spacial score (nSPS) is 16.9. The molecule has 1 aliphatic heterocycles. The van der Waals surface area contributed by atoms with Gasteiger partial charge in [0.1, 0.15) is 6.07 Å². The van der Waals surface area contributed by atoms with Gasteiger partial charge in [-0.3, -0.25) is 9.59 Å². The topological polar surface area (TPSA) is 70.4 Å². The number of piperidine rings is 1. The zero-order chi connectivity index (χ0) is 15.3. The highest BCUT2D eigenvalue weighted by molar-refractivity contribution is 5.84. The van der Waals surface area contributed by atoms with Crippen molar-refractivity contribution >= 4 is 11.9 Å². The first-order chi connectivity index (χ1) is 10.1. The Labute approximate surface area is 124 Å². The number of benzene rings is 1. The number of esters is 1. The molecule has 1 heterocycles. The van der Waals surface area contributed by atoms with Gasteiger partial charge in [0.25, 0.3) is 0 Å². The van der Waals surface area contributed by atoms with E-state index in [0.717, 1.165) is 5.56 Å². The summed E-state index contributed by atoms with van der Waals surface area (Å²) in [6.07, 6.45) is 1.03. The second kappa shape index (κ2) is 6.40. The monoisotopic (exact) mass is 286 g/mol. The Morgan fingerprint density at radius 2 is 1.90 bits per heavy atom. The van der Waals surface area contributed by atoms with Crippen molar-refractivity contribution in [2.24, 2.45) is 0 Å². The Kier molecular flexibility index (Phi) is 4.59. The number of rotatable bonds is 3. The van der Waals surface area contributed by atoms with Crippen LogP contribution in [0.5, 0.6) is 0 Å². The standard InChI is InChI=1S/C16H18N2O3/c1-13(19)18-10-7-16(8-11-18,15(20)21-12-9-17)14-5-3-2-4-6-14/h2-6H,7-8,10-12H2,1H3. The molecule has 110 valence electrons. The molecule has 5 nitrogen and oxygen atoms in total. The molecule has 0 radical (unpaired) electrons. The number of likely N-dealkylation sites (tertiary alicyclic amines) is 1. The number of carbonyl (C=O) groups excluding carboxylic acids is 2. The minimum atomic E-state index is -0.760. The van der Waals surface area contributed by atoms with E-state index in [2.05, 4.69) is 0 Å². The number of nitriles is 1. The van der Waals surface area contributed by atoms with Crippen LogP contribution < -0.4 is 0 Å². The highest BCUT2D eigenvalue weighted by Gasteiger charge is 2.44. The Morgan fingerprint density at radius 3 is 2.43 bits per heavy atom. The third-order valence-electron chi connectivity index (χ3n) is 4.05. The molecule has 0 saturated carbocycles. The van der Waals surface area contributed by atoms with Gasteiger partial charge in [0.15, 0.2) is 6.61 Å². The lowest BCUT2D eigenvalue weighted by atomic mass is 9.72. The molecule has 1 aromatic carbocycles. The highest BCUT2D eigenvalue weighted by atomic mass is 16.5. The number of ether oxygens (including phenoxy) is 1. The van der Waals surface area contributed by atoms with Gasteiger partial charge in [0, 0.05) is 20.0 Å². The molecule has 2 rings (SSSR count). The molecule has 1 aromatic rings. The van der Waals surface area contributed by atoms with Gasteiger partial charge in [-0.2, -0.15) is 5.26 Å². The molecule has 0 aromatic heterocycles. The first-order valence-corrected chi connectivity index (χ1v) is 6.95. The Morgan fingerprint density at radius 1 is 1.29 bits per heavy atom. The summed E-state index contributed by atoms with van der Waals surface area (Å²) in [5.41, 5.74) is 0.125.